The molecule has 2 fully saturated rings. The number of benzene rings is 1. The number of likely N-dealkylation sites (tertiary alicyclic amines) is 1. The Morgan fingerprint density at radius 3 is 2.71 bits per heavy atom. The summed E-state index contributed by atoms with van der Waals surface area (Å²) in [6, 6.07) is 11.4. The number of carbonyl (C=O) groups excluding carboxylic acids is 1. The lowest BCUT2D eigenvalue weighted by Crippen LogP contribution is -2.48. The molecular formula is C19H29N3OS. The van der Waals surface area contributed by atoms with Crippen molar-refractivity contribution >= 4 is 17.7 Å². The monoisotopic (exact) mass is 347 g/mol. The molecule has 0 bridgehead atoms. The van der Waals surface area contributed by atoms with Crippen LogP contribution in [0.25, 0.3) is 0 Å². The molecule has 132 valence electrons. The van der Waals surface area contributed by atoms with Crippen LogP contribution < -0.4 is 5.32 Å². The zero-order chi connectivity index (χ0) is 16.8. The van der Waals surface area contributed by atoms with Crippen LogP contribution in [0.3, 0.4) is 0 Å². The van der Waals surface area contributed by atoms with Crippen molar-refractivity contribution in [1.29, 1.82) is 0 Å². The molecule has 1 unspecified atom stereocenters. The Balaban J connectivity index is 1.42. The highest BCUT2D eigenvalue weighted by Crippen LogP contribution is 2.19. The van der Waals surface area contributed by atoms with E-state index in [0.29, 0.717) is 24.4 Å². The summed E-state index contributed by atoms with van der Waals surface area (Å²) in [5.41, 5.74) is 1.38. The maximum Gasteiger partial charge on any atom is 0.224 e. The van der Waals surface area contributed by atoms with E-state index in [1.54, 1.807) is 0 Å². The summed E-state index contributed by atoms with van der Waals surface area (Å²) in [7, 11) is 2.00. The highest BCUT2D eigenvalue weighted by Gasteiger charge is 2.27. The number of hydrogen-bond donors (Lipinski definition) is 1. The first-order valence-corrected chi connectivity index (χ1v) is 10.2. The summed E-state index contributed by atoms with van der Waals surface area (Å²) >= 11 is 1.95. The van der Waals surface area contributed by atoms with Gasteiger partial charge in [0.1, 0.15) is 0 Å². The van der Waals surface area contributed by atoms with Gasteiger partial charge in [0.25, 0.3) is 0 Å². The minimum absolute atomic E-state index is 0.302. The molecule has 1 N–H and O–H groups in total. The number of piperidine rings is 1. The van der Waals surface area contributed by atoms with Crippen LogP contribution >= 0.6 is 11.8 Å². The van der Waals surface area contributed by atoms with Crippen LogP contribution in [0, 0.1) is 0 Å². The van der Waals surface area contributed by atoms with E-state index in [2.05, 4.69) is 40.5 Å². The minimum atomic E-state index is 0.302. The summed E-state index contributed by atoms with van der Waals surface area (Å²) in [4.78, 5) is 17.1. The highest BCUT2D eigenvalue weighted by molar-refractivity contribution is 7.99. The quantitative estimate of drug-likeness (QED) is 0.886. The molecule has 1 atom stereocenters. The maximum absolute atomic E-state index is 12.5. The molecule has 2 aliphatic heterocycles. The number of hydrogen-bond acceptors (Lipinski definition) is 4. The lowest BCUT2D eigenvalue weighted by Gasteiger charge is -2.37. The van der Waals surface area contributed by atoms with E-state index in [4.69, 9.17) is 0 Å². The molecule has 1 aromatic carbocycles. The molecule has 3 rings (SSSR count). The second-order valence-corrected chi connectivity index (χ2v) is 8.08. The first-order valence-electron chi connectivity index (χ1n) is 9.05. The van der Waals surface area contributed by atoms with Gasteiger partial charge in [0.15, 0.2) is 0 Å². The molecular weight excluding hydrogens is 318 g/mol. The van der Waals surface area contributed by atoms with Gasteiger partial charge in [-0.15, -0.1) is 0 Å². The van der Waals surface area contributed by atoms with Crippen LogP contribution in [0.1, 0.15) is 24.8 Å². The lowest BCUT2D eigenvalue weighted by atomic mass is 10.0. The van der Waals surface area contributed by atoms with E-state index in [-0.39, 0.29) is 0 Å². The normalized spacial score (nSPS) is 23.1. The van der Waals surface area contributed by atoms with Crippen molar-refractivity contribution in [2.24, 2.45) is 0 Å². The molecule has 0 spiro atoms. The molecule has 1 aromatic rings. The largest absolute Gasteiger partial charge is 0.343 e. The Morgan fingerprint density at radius 1 is 1.29 bits per heavy atom. The average Bonchev–Trinajstić information content (AvgIpc) is 2.63. The van der Waals surface area contributed by atoms with Gasteiger partial charge in [-0.1, -0.05) is 30.3 Å². The molecule has 2 heterocycles. The molecule has 5 heteroatoms. The Hall–Kier alpha value is -1.04. The second-order valence-electron chi connectivity index (χ2n) is 6.93. The molecule has 0 saturated carbocycles. The molecule has 4 nitrogen and oxygen atoms in total. The number of nitrogens with zero attached hydrogens (tertiary/aromatic N) is 2. The van der Waals surface area contributed by atoms with Gasteiger partial charge in [0, 0.05) is 63.2 Å². The average molecular weight is 348 g/mol. The highest BCUT2D eigenvalue weighted by atomic mass is 32.2. The van der Waals surface area contributed by atoms with Crippen molar-refractivity contribution in [3.63, 3.8) is 0 Å². The topological polar surface area (TPSA) is 35.6 Å². The zero-order valence-corrected chi connectivity index (χ0v) is 15.4. The molecule has 2 saturated heterocycles. The lowest BCUT2D eigenvalue weighted by molar-refractivity contribution is -0.133. The SMILES string of the molecule is CN(C(=O)CC1CSCCN1)C1CCN(Cc2ccccc2)CC1. The molecule has 1 amide bonds. The predicted octanol–water partition coefficient (Wildman–Crippen LogP) is 2.20. The van der Waals surface area contributed by atoms with Crippen LogP contribution in [-0.4, -0.2) is 66.0 Å². The van der Waals surface area contributed by atoms with Crippen molar-refractivity contribution in [2.45, 2.75) is 37.9 Å². The number of carbonyl (C=O) groups is 1. The molecule has 2 aliphatic rings. The van der Waals surface area contributed by atoms with Gasteiger partial charge in [-0.3, -0.25) is 9.69 Å². The van der Waals surface area contributed by atoms with Crippen molar-refractivity contribution in [3.05, 3.63) is 35.9 Å². The minimum Gasteiger partial charge on any atom is -0.343 e. The smallest absolute Gasteiger partial charge is 0.224 e. The third-order valence-electron chi connectivity index (χ3n) is 5.17. The summed E-state index contributed by atoms with van der Waals surface area (Å²) < 4.78 is 0. The molecule has 0 aromatic heterocycles. The van der Waals surface area contributed by atoms with Crippen molar-refractivity contribution < 1.29 is 4.79 Å². The van der Waals surface area contributed by atoms with Gasteiger partial charge >= 0.3 is 0 Å². The van der Waals surface area contributed by atoms with Crippen LogP contribution in [0.2, 0.25) is 0 Å². The Kier molecular flexibility index (Phi) is 6.58. The van der Waals surface area contributed by atoms with Crippen molar-refractivity contribution in [2.75, 3.05) is 38.2 Å². The number of nitrogens with one attached hydrogen (secondary N) is 1. The van der Waals surface area contributed by atoms with Gasteiger partial charge in [0.05, 0.1) is 0 Å². The molecule has 24 heavy (non-hydrogen) atoms. The van der Waals surface area contributed by atoms with Crippen LogP contribution in [0.5, 0.6) is 0 Å². The fourth-order valence-corrected chi connectivity index (χ4v) is 4.56. The number of thioether (sulfide) groups is 1. The van der Waals surface area contributed by atoms with E-state index in [0.717, 1.165) is 44.8 Å². The van der Waals surface area contributed by atoms with E-state index < -0.39 is 0 Å². The first kappa shape index (κ1) is 17.8. The number of rotatable bonds is 5. The zero-order valence-electron chi connectivity index (χ0n) is 14.6. The van der Waals surface area contributed by atoms with E-state index in [9.17, 15) is 4.79 Å². The van der Waals surface area contributed by atoms with Crippen LogP contribution in [-0.2, 0) is 11.3 Å². The fraction of sp³-hybridized carbons (Fsp3) is 0.632. The fourth-order valence-electron chi connectivity index (χ4n) is 3.62. The standard InChI is InChI=1S/C19H29N3OS/c1-21(19(23)13-17-15-24-12-9-20-17)18-7-10-22(11-8-18)14-16-5-3-2-4-6-16/h2-6,17-18,20H,7-15H2,1H3. The first-order chi connectivity index (χ1) is 11.7. The summed E-state index contributed by atoms with van der Waals surface area (Å²) in [6.07, 6.45) is 2.82. The third kappa shape index (κ3) is 4.98. The van der Waals surface area contributed by atoms with Crippen LogP contribution in [0.15, 0.2) is 30.3 Å². The summed E-state index contributed by atoms with van der Waals surface area (Å²) in [5, 5.41) is 3.47. The second kappa shape index (κ2) is 8.88. The Labute approximate surface area is 150 Å². The maximum atomic E-state index is 12.5. The summed E-state index contributed by atoms with van der Waals surface area (Å²) in [6.45, 7) is 4.21. The Bertz CT molecular complexity index is 511. The van der Waals surface area contributed by atoms with E-state index in [1.807, 2.05) is 23.7 Å². The van der Waals surface area contributed by atoms with Gasteiger partial charge in [0.2, 0.25) is 5.91 Å². The van der Waals surface area contributed by atoms with Gasteiger partial charge in [-0.2, -0.15) is 11.8 Å². The van der Waals surface area contributed by atoms with Gasteiger partial charge < -0.3 is 10.2 Å². The molecule has 0 aliphatic carbocycles. The number of amides is 1. The van der Waals surface area contributed by atoms with Gasteiger partial charge in [-0.25, -0.2) is 0 Å². The third-order valence-corrected chi connectivity index (χ3v) is 6.30. The molecule has 0 radical (unpaired) electrons. The van der Waals surface area contributed by atoms with E-state index in [1.165, 1.54) is 11.3 Å². The predicted molar refractivity (Wildman–Crippen MR) is 101 cm³/mol. The van der Waals surface area contributed by atoms with Crippen molar-refractivity contribution in [3.8, 4) is 0 Å². The summed E-state index contributed by atoms with van der Waals surface area (Å²) in [5.74, 6) is 2.53. The van der Waals surface area contributed by atoms with Crippen molar-refractivity contribution in [1.82, 2.24) is 15.1 Å². The van der Waals surface area contributed by atoms with Gasteiger partial charge in [-0.05, 0) is 18.4 Å². The Morgan fingerprint density at radius 2 is 2.04 bits per heavy atom. The van der Waals surface area contributed by atoms with E-state index >= 15 is 0 Å². The van der Waals surface area contributed by atoms with Crippen LogP contribution in [0.4, 0.5) is 0 Å².